The highest BCUT2D eigenvalue weighted by molar-refractivity contribution is 7.89. The molecule has 0 bridgehead atoms. The Morgan fingerprint density at radius 3 is 1.90 bits per heavy atom. The molecule has 3 heterocycles. The van der Waals surface area contributed by atoms with Crippen LogP contribution in [0.5, 0.6) is 0 Å². The van der Waals surface area contributed by atoms with Crippen molar-refractivity contribution in [1.82, 2.24) is 19.2 Å². The number of hydrogen-bond donors (Lipinski definition) is 0. The Balaban J connectivity index is 1.46. The maximum absolute atomic E-state index is 13.5. The number of rotatable bonds is 4. The monoisotopic (exact) mass is 452 g/mol. The van der Waals surface area contributed by atoms with E-state index >= 15 is 0 Å². The molecule has 2 aliphatic heterocycles. The lowest BCUT2D eigenvalue weighted by Gasteiger charge is -2.36. The highest BCUT2D eigenvalue weighted by Crippen LogP contribution is 2.24. The Morgan fingerprint density at radius 1 is 0.806 bits per heavy atom. The van der Waals surface area contributed by atoms with Gasteiger partial charge in [0.1, 0.15) is 17.5 Å². The largest absolute Gasteiger partial charge is 0.354 e. The molecule has 2 fully saturated rings. The van der Waals surface area contributed by atoms with Crippen molar-refractivity contribution in [3.05, 3.63) is 41.7 Å². The zero-order valence-electron chi connectivity index (χ0n) is 17.6. The van der Waals surface area contributed by atoms with Gasteiger partial charge in [-0.25, -0.2) is 27.2 Å². The lowest BCUT2D eigenvalue weighted by molar-refractivity contribution is 0.312. The van der Waals surface area contributed by atoms with Gasteiger partial charge in [-0.3, -0.25) is 0 Å². The Kier molecular flexibility index (Phi) is 6.09. The molecule has 0 amide bonds. The van der Waals surface area contributed by atoms with E-state index in [1.165, 1.54) is 4.31 Å². The third-order valence-electron chi connectivity index (χ3n) is 5.73. The van der Waals surface area contributed by atoms with E-state index in [9.17, 15) is 17.2 Å². The minimum atomic E-state index is -3.89. The number of aryl methyl sites for hydroxylation is 1. The van der Waals surface area contributed by atoms with Crippen LogP contribution in [0.25, 0.3) is 0 Å². The fourth-order valence-corrected chi connectivity index (χ4v) is 5.27. The summed E-state index contributed by atoms with van der Waals surface area (Å²) in [6.07, 6.45) is 0. The van der Waals surface area contributed by atoms with Gasteiger partial charge in [-0.15, -0.1) is 0 Å². The van der Waals surface area contributed by atoms with Crippen molar-refractivity contribution in [3.63, 3.8) is 0 Å². The van der Waals surface area contributed by atoms with Crippen LogP contribution in [0.4, 0.5) is 20.4 Å². The Labute approximate surface area is 181 Å². The first-order valence-corrected chi connectivity index (χ1v) is 11.7. The van der Waals surface area contributed by atoms with Gasteiger partial charge in [0.2, 0.25) is 10.0 Å². The molecular formula is C20H26F2N6O2S. The summed E-state index contributed by atoms with van der Waals surface area (Å²) < 4.78 is 53.6. The van der Waals surface area contributed by atoms with Crippen LogP contribution in [0.15, 0.2) is 29.2 Å². The number of anilines is 2. The summed E-state index contributed by atoms with van der Waals surface area (Å²) in [7, 11) is -1.79. The Hall–Kier alpha value is -2.37. The predicted octanol–water partition coefficient (Wildman–Crippen LogP) is 1.33. The third-order valence-corrected chi connectivity index (χ3v) is 7.62. The van der Waals surface area contributed by atoms with E-state index in [4.69, 9.17) is 0 Å². The summed E-state index contributed by atoms with van der Waals surface area (Å²) in [6, 6.07) is 4.61. The Morgan fingerprint density at radius 2 is 1.35 bits per heavy atom. The van der Waals surface area contributed by atoms with E-state index < -0.39 is 21.7 Å². The summed E-state index contributed by atoms with van der Waals surface area (Å²) >= 11 is 0. The van der Waals surface area contributed by atoms with E-state index in [-0.39, 0.29) is 18.0 Å². The van der Waals surface area contributed by atoms with Gasteiger partial charge in [-0.2, -0.15) is 4.31 Å². The molecule has 1 aromatic heterocycles. The van der Waals surface area contributed by atoms with Crippen LogP contribution in [0.2, 0.25) is 0 Å². The molecule has 168 valence electrons. The van der Waals surface area contributed by atoms with Gasteiger partial charge in [0, 0.05) is 58.4 Å². The van der Waals surface area contributed by atoms with Crippen LogP contribution in [-0.4, -0.2) is 87.0 Å². The van der Waals surface area contributed by atoms with Crippen molar-refractivity contribution in [2.24, 2.45) is 0 Å². The number of hydrogen-bond acceptors (Lipinski definition) is 7. The maximum Gasteiger partial charge on any atom is 0.243 e. The van der Waals surface area contributed by atoms with Crippen molar-refractivity contribution >= 4 is 21.7 Å². The molecule has 0 radical (unpaired) electrons. The number of sulfonamides is 1. The molecule has 8 nitrogen and oxygen atoms in total. The number of aromatic nitrogens is 2. The van der Waals surface area contributed by atoms with Crippen LogP contribution >= 0.6 is 0 Å². The summed E-state index contributed by atoms with van der Waals surface area (Å²) in [6.45, 7) is 6.94. The van der Waals surface area contributed by atoms with Crippen LogP contribution in [0.1, 0.15) is 5.82 Å². The fraction of sp³-hybridized carbons (Fsp3) is 0.500. The summed E-state index contributed by atoms with van der Waals surface area (Å²) in [5.74, 6) is 0.0775. The topological polar surface area (TPSA) is 72.9 Å². The van der Waals surface area contributed by atoms with Gasteiger partial charge in [0.05, 0.1) is 4.90 Å². The van der Waals surface area contributed by atoms with E-state index in [1.54, 1.807) is 0 Å². The van der Waals surface area contributed by atoms with Gasteiger partial charge >= 0.3 is 0 Å². The number of benzene rings is 1. The molecule has 2 aliphatic rings. The van der Waals surface area contributed by atoms with Gasteiger partial charge in [0.25, 0.3) is 0 Å². The first-order chi connectivity index (χ1) is 14.7. The smallest absolute Gasteiger partial charge is 0.243 e. The zero-order chi connectivity index (χ0) is 22.2. The maximum atomic E-state index is 13.5. The molecule has 4 rings (SSSR count). The normalized spacial score (nSPS) is 19.1. The Bertz CT molecular complexity index is 1050. The lowest BCUT2D eigenvalue weighted by atomic mass is 10.3. The highest BCUT2D eigenvalue weighted by Gasteiger charge is 2.30. The van der Waals surface area contributed by atoms with Gasteiger partial charge in [-0.1, -0.05) is 0 Å². The van der Waals surface area contributed by atoms with Crippen molar-refractivity contribution in [2.45, 2.75) is 11.8 Å². The molecule has 2 saturated heterocycles. The average molecular weight is 453 g/mol. The quantitative estimate of drug-likeness (QED) is 0.693. The van der Waals surface area contributed by atoms with Crippen LogP contribution in [0.3, 0.4) is 0 Å². The SMILES string of the molecule is Cc1nc(N2CCN(C)CC2)cc(N2CCN(S(=O)(=O)c3ccc(F)c(F)c3)CC2)n1. The van der Waals surface area contributed by atoms with Crippen molar-refractivity contribution in [1.29, 1.82) is 0 Å². The average Bonchev–Trinajstić information content (AvgIpc) is 2.75. The number of nitrogens with zero attached hydrogens (tertiary/aromatic N) is 6. The molecule has 11 heteroatoms. The fourth-order valence-electron chi connectivity index (χ4n) is 3.84. The van der Waals surface area contributed by atoms with Crippen LogP contribution < -0.4 is 9.80 Å². The summed E-state index contributed by atoms with van der Waals surface area (Å²) in [4.78, 5) is 15.4. The van der Waals surface area contributed by atoms with Crippen molar-refractivity contribution in [2.75, 3.05) is 69.2 Å². The van der Waals surface area contributed by atoms with E-state index in [1.807, 2.05) is 17.9 Å². The van der Waals surface area contributed by atoms with Crippen molar-refractivity contribution < 1.29 is 17.2 Å². The molecule has 31 heavy (non-hydrogen) atoms. The minimum absolute atomic E-state index is 0.230. The molecular weight excluding hydrogens is 426 g/mol. The van der Waals surface area contributed by atoms with E-state index in [0.29, 0.717) is 18.9 Å². The second kappa shape index (κ2) is 8.64. The molecule has 0 spiro atoms. The highest BCUT2D eigenvalue weighted by atomic mass is 32.2. The first kappa shape index (κ1) is 21.8. The zero-order valence-corrected chi connectivity index (χ0v) is 18.4. The van der Waals surface area contributed by atoms with Gasteiger partial charge in [0.15, 0.2) is 11.6 Å². The van der Waals surface area contributed by atoms with Crippen molar-refractivity contribution in [3.8, 4) is 0 Å². The standard InChI is InChI=1S/C20H26F2N6O2S/c1-15-23-19(26-7-5-25(2)6-8-26)14-20(24-15)27-9-11-28(12-10-27)31(29,30)16-3-4-17(21)18(22)13-16/h3-4,13-14H,5-12H2,1-2H3. The van der Waals surface area contributed by atoms with Crippen LogP contribution in [-0.2, 0) is 10.0 Å². The lowest BCUT2D eigenvalue weighted by Crippen LogP contribution is -2.49. The predicted molar refractivity (Wildman–Crippen MR) is 114 cm³/mol. The summed E-state index contributed by atoms with van der Waals surface area (Å²) in [5, 5.41) is 0. The number of piperazine rings is 2. The molecule has 0 N–H and O–H groups in total. The first-order valence-electron chi connectivity index (χ1n) is 10.2. The molecule has 0 unspecified atom stereocenters. The third kappa shape index (κ3) is 4.63. The minimum Gasteiger partial charge on any atom is -0.354 e. The number of halogens is 2. The molecule has 0 atom stereocenters. The van der Waals surface area contributed by atoms with Crippen LogP contribution in [0, 0.1) is 18.6 Å². The van der Waals surface area contributed by atoms with E-state index in [2.05, 4.69) is 26.8 Å². The second-order valence-electron chi connectivity index (χ2n) is 7.89. The van der Waals surface area contributed by atoms with E-state index in [0.717, 1.165) is 56.0 Å². The molecule has 2 aromatic rings. The second-order valence-corrected chi connectivity index (χ2v) is 9.83. The van der Waals surface area contributed by atoms with Gasteiger partial charge in [-0.05, 0) is 32.2 Å². The summed E-state index contributed by atoms with van der Waals surface area (Å²) in [5.41, 5.74) is 0. The molecule has 0 saturated carbocycles. The molecule has 0 aliphatic carbocycles. The molecule has 1 aromatic carbocycles. The number of likely N-dealkylation sites (N-methyl/N-ethyl adjacent to an activating group) is 1. The van der Waals surface area contributed by atoms with Gasteiger partial charge < -0.3 is 14.7 Å².